The van der Waals surface area contributed by atoms with Crippen LogP contribution in [0.3, 0.4) is 0 Å². The first-order valence-electron chi connectivity index (χ1n) is 8.65. The van der Waals surface area contributed by atoms with Crippen LogP contribution in [0.15, 0.2) is 38.5 Å². The number of nitrogens with zero attached hydrogens (tertiary/aromatic N) is 3. The summed E-state index contributed by atoms with van der Waals surface area (Å²) in [4.78, 5) is 16.9. The van der Waals surface area contributed by atoms with Crippen molar-refractivity contribution in [2.45, 2.75) is 46.1 Å². The van der Waals surface area contributed by atoms with E-state index in [-0.39, 0.29) is 11.4 Å². The van der Waals surface area contributed by atoms with E-state index in [4.69, 9.17) is 0 Å². The summed E-state index contributed by atoms with van der Waals surface area (Å²) in [5.74, 6) is -0.135. The first-order chi connectivity index (χ1) is 12.5. The van der Waals surface area contributed by atoms with E-state index in [1.54, 1.807) is 6.92 Å². The molecule has 1 heterocycles. The molecule has 1 N–H and O–H groups in total. The van der Waals surface area contributed by atoms with Gasteiger partial charge in [0.05, 0.1) is 11.3 Å². The lowest BCUT2D eigenvalue weighted by Crippen LogP contribution is -2.25. The molecule has 0 bridgehead atoms. The molecule has 0 radical (unpaired) electrons. The molecule has 0 atom stereocenters. The maximum absolute atomic E-state index is 12.5. The zero-order chi connectivity index (χ0) is 19.1. The Labute approximate surface area is 161 Å². The van der Waals surface area contributed by atoms with Crippen molar-refractivity contribution >= 4 is 27.8 Å². The molecule has 1 aromatic heterocycles. The minimum absolute atomic E-state index is 0.0514. The number of nitriles is 1. The smallest absolute Gasteiger partial charge is 0.271 e. The molecule has 1 aromatic carbocycles. The summed E-state index contributed by atoms with van der Waals surface area (Å²) in [7, 11) is 0. The average molecular weight is 416 g/mol. The molecule has 0 spiro atoms. The van der Waals surface area contributed by atoms with Gasteiger partial charge in [-0.05, 0) is 43.2 Å². The summed E-state index contributed by atoms with van der Waals surface area (Å²) in [6.45, 7) is 4.16. The molecular weight excluding hydrogens is 394 g/mol. The molecule has 0 amide bonds. The third-order valence-electron chi connectivity index (χ3n) is 4.25. The van der Waals surface area contributed by atoms with Gasteiger partial charge in [0.25, 0.3) is 5.56 Å². The Kier molecular flexibility index (Phi) is 7.16. The summed E-state index contributed by atoms with van der Waals surface area (Å²) in [6, 6.07) is 9.37. The third-order valence-corrected chi connectivity index (χ3v) is 4.78. The largest absolute Gasteiger partial charge is 0.494 e. The highest BCUT2D eigenvalue weighted by atomic mass is 79.9. The molecule has 136 valence electrons. The number of pyridine rings is 1. The predicted molar refractivity (Wildman–Crippen MR) is 107 cm³/mol. The predicted octanol–water partition coefficient (Wildman–Crippen LogP) is 4.83. The second-order valence-corrected chi connectivity index (χ2v) is 7.02. The molecule has 0 saturated heterocycles. The number of unbranched alkanes of at least 4 members (excludes halogenated alkanes) is 3. The SMILES string of the molecule is CCCCCCn1c(O)c(C=Nc2ccc(Br)cc2)c(C)c(C#N)c1=O. The van der Waals surface area contributed by atoms with Crippen LogP contribution in [0.2, 0.25) is 0 Å². The molecule has 6 heteroatoms. The molecule has 0 aliphatic rings. The van der Waals surface area contributed by atoms with Crippen molar-refractivity contribution in [3.05, 3.63) is 55.8 Å². The van der Waals surface area contributed by atoms with E-state index >= 15 is 0 Å². The molecule has 2 aromatic rings. The van der Waals surface area contributed by atoms with Crippen LogP contribution in [0.1, 0.15) is 49.3 Å². The highest BCUT2D eigenvalue weighted by molar-refractivity contribution is 9.10. The zero-order valence-electron chi connectivity index (χ0n) is 15.0. The monoisotopic (exact) mass is 415 g/mol. The van der Waals surface area contributed by atoms with Gasteiger partial charge in [0.15, 0.2) is 0 Å². The fraction of sp³-hybridized carbons (Fsp3) is 0.350. The number of benzene rings is 1. The lowest BCUT2D eigenvalue weighted by molar-refractivity contribution is 0.397. The van der Waals surface area contributed by atoms with Gasteiger partial charge in [-0.3, -0.25) is 14.4 Å². The minimum Gasteiger partial charge on any atom is -0.494 e. The van der Waals surface area contributed by atoms with Crippen LogP contribution >= 0.6 is 15.9 Å². The Morgan fingerprint density at radius 1 is 1.27 bits per heavy atom. The van der Waals surface area contributed by atoms with Crippen molar-refractivity contribution in [2.75, 3.05) is 0 Å². The molecule has 2 rings (SSSR count). The van der Waals surface area contributed by atoms with Crippen LogP contribution in [-0.4, -0.2) is 15.9 Å². The van der Waals surface area contributed by atoms with E-state index in [1.807, 2.05) is 30.3 Å². The first kappa shape index (κ1) is 19.9. The van der Waals surface area contributed by atoms with Gasteiger partial charge in [-0.15, -0.1) is 0 Å². The quantitative estimate of drug-likeness (QED) is 0.519. The van der Waals surface area contributed by atoms with Crippen molar-refractivity contribution in [3.8, 4) is 11.9 Å². The standard InChI is InChI=1S/C20H22BrN3O2/c1-3-4-5-6-11-24-19(25)17(12-22)14(2)18(20(24)26)13-23-16-9-7-15(21)8-10-16/h7-10,13,26H,3-6,11H2,1-2H3. The minimum atomic E-state index is -0.445. The Morgan fingerprint density at radius 2 is 1.96 bits per heavy atom. The van der Waals surface area contributed by atoms with Gasteiger partial charge < -0.3 is 5.11 Å². The van der Waals surface area contributed by atoms with Gasteiger partial charge in [0.2, 0.25) is 5.88 Å². The summed E-state index contributed by atoms with van der Waals surface area (Å²) < 4.78 is 2.23. The van der Waals surface area contributed by atoms with Crippen molar-refractivity contribution in [3.63, 3.8) is 0 Å². The molecular formula is C20H22BrN3O2. The number of hydrogen-bond acceptors (Lipinski definition) is 4. The Bertz CT molecular complexity index is 893. The molecule has 0 aliphatic carbocycles. The maximum atomic E-state index is 12.5. The van der Waals surface area contributed by atoms with E-state index in [9.17, 15) is 15.2 Å². The number of hydrogen-bond donors (Lipinski definition) is 1. The van der Waals surface area contributed by atoms with Gasteiger partial charge in [-0.1, -0.05) is 42.1 Å². The second kappa shape index (κ2) is 9.35. The molecule has 0 saturated carbocycles. The van der Waals surface area contributed by atoms with Gasteiger partial charge in [0, 0.05) is 17.2 Å². The van der Waals surface area contributed by atoms with E-state index < -0.39 is 5.56 Å². The van der Waals surface area contributed by atoms with Gasteiger partial charge >= 0.3 is 0 Å². The molecule has 26 heavy (non-hydrogen) atoms. The molecule has 0 aliphatic heterocycles. The van der Waals surface area contributed by atoms with E-state index in [0.717, 1.165) is 30.2 Å². The Hall–Kier alpha value is -2.39. The van der Waals surface area contributed by atoms with E-state index in [0.29, 0.717) is 23.4 Å². The summed E-state index contributed by atoms with van der Waals surface area (Å²) in [6.07, 6.45) is 5.42. The van der Waals surface area contributed by atoms with Crippen LogP contribution < -0.4 is 5.56 Å². The van der Waals surface area contributed by atoms with Crippen LogP contribution in [0.5, 0.6) is 5.88 Å². The Balaban J connectivity index is 2.42. The average Bonchev–Trinajstić information content (AvgIpc) is 2.63. The topological polar surface area (TPSA) is 78.4 Å². The summed E-state index contributed by atoms with van der Waals surface area (Å²) >= 11 is 3.37. The maximum Gasteiger partial charge on any atom is 0.271 e. The lowest BCUT2D eigenvalue weighted by Gasteiger charge is -2.13. The number of aromatic nitrogens is 1. The second-order valence-electron chi connectivity index (χ2n) is 6.10. The third kappa shape index (κ3) is 4.61. The number of rotatable bonds is 7. The molecule has 5 nitrogen and oxygen atoms in total. The van der Waals surface area contributed by atoms with Crippen molar-refractivity contribution in [1.82, 2.24) is 4.57 Å². The van der Waals surface area contributed by atoms with Crippen molar-refractivity contribution in [1.29, 1.82) is 5.26 Å². The number of halogens is 1. The van der Waals surface area contributed by atoms with Crippen LogP contribution in [0.4, 0.5) is 5.69 Å². The van der Waals surface area contributed by atoms with Gasteiger partial charge in [-0.2, -0.15) is 5.26 Å². The number of aromatic hydroxyl groups is 1. The van der Waals surface area contributed by atoms with Gasteiger partial charge in [0.1, 0.15) is 11.6 Å². The Morgan fingerprint density at radius 3 is 2.58 bits per heavy atom. The van der Waals surface area contributed by atoms with Crippen LogP contribution in [-0.2, 0) is 6.54 Å². The highest BCUT2D eigenvalue weighted by Gasteiger charge is 2.17. The van der Waals surface area contributed by atoms with Crippen LogP contribution in [0.25, 0.3) is 0 Å². The van der Waals surface area contributed by atoms with E-state index in [2.05, 4.69) is 27.8 Å². The van der Waals surface area contributed by atoms with Gasteiger partial charge in [-0.25, -0.2) is 0 Å². The molecule has 0 fully saturated rings. The lowest BCUT2D eigenvalue weighted by atomic mass is 10.1. The zero-order valence-corrected chi connectivity index (χ0v) is 16.6. The van der Waals surface area contributed by atoms with Crippen molar-refractivity contribution < 1.29 is 5.11 Å². The summed E-state index contributed by atoms with van der Waals surface area (Å²) in [5.41, 5.74) is 1.17. The fourth-order valence-electron chi connectivity index (χ4n) is 2.70. The van der Waals surface area contributed by atoms with Crippen molar-refractivity contribution in [2.24, 2.45) is 4.99 Å². The number of aliphatic imine (C=N–C) groups is 1. The first-order valence-corrected chi connectivity index (χ1v) is 9.45. The van der Waals surface area contributed by atoms with E-state index in [1.165, 1.54) is 10.8 Å². The summed E-state index contributed by atoms with van der Waals surface area (Å²) in [5, 5.41) is 20.0. The van der Waals surface area contributed by atoms with Crippen LogP contribution in [0, 0.1) is 18.3 Å². The fourth-order valence-corrected chi connectivity index (χ4v) is 2.96. The normalized spacial score (nSPS) is 11.0. The highest BCUT2D eigenvalue weighted by Crippen LogP contribution is 2.22. The molecule has 0 unspecified atom stereocenters.